The molecule has 1 atom stereocenters. The Morgan fingerprint density at radius 1 is 1.45 bits per heavy atom. The fourth-order valence-corrected chi connectivity index (χ4v) is 2.99. The number of hydrogen-bond donors (Lipinski definition) is 1. The number of carbonyl (C=O) groups excluding carboxylic acids is 1. The van der Waals surface area contributed by atoms with Crippen LogP contribution >= 0.6 is 11.6 Å². The minimum atomic E-state index is -0.531. The van der Waals surface area contributed by atoms with Gasteiger partial charge in [0, 0.05) is 36.6 Å². The maximum Gasteiger partial charge on any atom is 0.247 e. The van der Waals surface area contributed by atoms with Gasteiger partial charge >= 0.3 is 0 Å². The molecule has 0 aromatic heterocycles. The van der Waals surface area contributed by atoms with Crippen LogP contribution in [-0.4, -0.2) is 43.2 Å². The van der Waals surface area contributed by atoms with E-state index >= 15 is 0 Å². The van der Waals surface area contributed by atoms with Crippen LogP contribution in [0.3, 0.4) is 0 Å². The van der Waals surface area contributed by atoms with Crippen LogP contribution in [0.5, 0.6) is 5.75 Å². The van der Waals surface area contributed by atoms with Crippen molar-refractivity contribution < 1.29 is 14.3 Å². The molecule has 1 aromatic rings. The average Bonchev–Trinajstić information content (AvgIpc) is 2.87. The maximum atomic E-state index is 11.2. The number of rotatable bonds is 3. The molecule has 108 valence electrons. The van der Waals surface area contributed by atoms with Crippen molar-refractivity contribution >= 4 is 17.5 Å². The summed E-state index contributed by atoms with van der Waals surface area (Å²) in [4.78, 5) is 13.4. The van der Waals surface area contributed by atoms with Crippen LogP contribution < -0.4 is 10.5 Å². The smallest absolute Gasteiger partial charge is 0.247 e. The summed E-state index contributed by atoms with van der Waals surface area (Å²) in [7, 11) is 0. The fraction of sp³-hybridized carbons (Fsp3) is 0.500. The lowest BCUT2D eigenvalue weighted by atomic mass is 10.1. The van der Waals surface area contributed by atoms with Gasteiger partial charge in [0.25, 0.3) is 0 Å². The van der Waals surface area contributed by atoms with Crippen molar-refractivity contribution in [2.75, 3.05) is 26.3 Å². The highest BCUT2D eigenvalue weighted by Crippen LogP contribution is 2.33. The highest BCUT2D eigenvalue weighted by Gasteiger charge is 2.26. The minimum Gasteiger partial charge on any atom is -0.493 e. The van der Waals surface area contributed by atoms with Crippen molar-refractivity contribution in [3.8, 4) is 5.75 Å². The average molecular weight is 297 g/mol. The molecule has 1 saturated heterocycles. The molecular formula is C14H17ClN2O3. The second-order valence-electron chi connectivity index (χ2n) is 5.15. The lowest BCUT2D eigenvalue weighted by Gasteiger charge is -2.31. The third-order valence-electron chi connectivity index (χ3n) is 3.69. The molecule has 20 heavy (non-hydrogen) atoms. The maximum absolute atomic E-state index is 11.2. The SMILES string of the molecule is NC(=O)C1CN(Cc2cc(Cl)cc3c2OCC3)CCO1. The summed E-state index contributed by atoms with van der Waals surface area (Å²) in [6.45, 7) is 3.19. The molecule has 1 aromatic carbocycles. The van der Waals surface area contributed by atoms with E-state index in [2.05, 4.69) is 4.90 Å². The summed E-state index contributed by atoms with van der Waals surface area (Å²) in [5.74, 6) is 0.527. The Labute approximate surface area is 122 Å². The molecule has 0 bridgehead atoms. The third-order valence-corrected chi connectivity index (χ3v) is 3.91. The van der Waals surface area contributed by atoms with Crippen molar-refractivity contribution in [1.82, 2.24) is 4.90 Å². The predicted octanol–water partition coefficient (Wildman–Crippen LogP) is 0.961. The van der Waals surface area contributed by atoms with Gasteiger partial charge in [0.05, 0.1) is 13.2 Å². The van der Waals surface area contributed by atoms with E-state index in [1.165, 1.54) is 0 Å². The van der Waals surface area contributed by atoms with Crippen LogP contribution in [0.15, 0.2) is 12.1 Å². The van der Waals surface area contributed by atoms with E-state index in [1.54, 1.807) is 0 Å². The first-order chi connectivity index (χ1) is 9.63. The van der Waals surface area contributed by atoms with E-state index in [0.717, 1.165) is 34.9 Å². The van der Waals surface area contributed by atoms with Crippen molar-refractivity contribution in [1.29, 1.82) is 0 Å². The first-order valence-corrected chi connectivity index (χ1v) is 7.08. The van der Waals surface area contributed by atoms with Gasteiger partial charge in [-0.2, -0.15) is 0 Å². The number of morpholine rings is 1. The normalized spacial score (nSPS) is 22.4. The minimum absolute atomic E-state index is 0.415. The number of nitrogens with two attached hydrogens (primary N) is 1. The predicted molar refractivity (Wildman–Crippen MR) is 74.9 cm³/mol. The molecule has 0 saturated carbocycles. The number of carbonyl (C=O) groups is 1. The molecule has 0 radical (unpaired) electrons. The zero-order valence-corrected chi connectivity index (χ0v) is 11.9. The summed E-state index contributed by atoms with van der Waals surface area (Å²) >= 11 is 6.15. The summed E-state index contributed by atoms with van der Waals surface area (Å²) in [5, 5.41) is 0.726. The van der Waals surface area contributed by atoms with Crippen molar-refractivity contribution in [3.63, 3.8) is 0 Å². The molecule has 1 fully saturated rings. The Hall–Kier alpha value is -1.30. The van der Waals surface area contributed by atoms with Gasteiger partial charge in [-0.15, -0.1) is 0 Å². The monoisotopic (exact) mass is 296 g/mol. The molecule has 6 heteroatoms. The highest BCUT2D eigenvalue weighted by molar-refractivity contribution is 6.30. The Balaban J connectivity index is 1.76. The first-order valence-electron chi connectivity index (χ1n) is 6.71. The quantitative estimate of drug-likeness (QED) is 0.902. The Morgan fingerprint density at radius 2 is 2.30 bits per heavy atom. The summed E-state index contributed by atoms with van der Waals surface area (Å²) in [5.41, 5.74) is 7.53. The van der Waals surface area contributed by atoms with Crippen molar-refractivity contribution in [2.45, 2.75) is 19.1 Å². The lowest BCUT2D eigenvalue weighted by Crippen LogP contribution is -2.47. The van der Waals surface area contributed by atoms with Gasteiger partial charge in [0.2, 0.25) is 5.91 Å². The molecule has 5 nitrogen and oxygen atoms in total. The lowest BCUT2D eigenvalue weighted by molar-refractivity contribution is -0.135. The topological polar surface area (TPSA) is 64.8 Å². The van der Waals surface area contributed by atoms with Gasteiger partial charge < -0.3 is 15.2 Å². The number of primary amides is 1. The number of amides is 1. The van der Waals surface area contributed by atoms with Crippen LogP contribution in [0.4, 0.5) is 0 Å². The van der Waals surface area contributed by atoms with Crippen LogP contribution in [-0.2, 0) is 22.5 Å². The largest absolute Gasteiger partial charge is 0.493 e. The van der Waals surface area contributed by atoms with Gasteiger partial charge in [-0.1, -0.05) is 11.6 Å². The number of fused-ring (bicyclic) bond motifs is 1. The first kappa shape index (κ1) is 13.7. The van der Waals surface area contributed by atoms with Gasteiger partial charge in [-0.3, -0.25) is 9.69 Å². The fourth-order valence-electron chi connectivity index (χ4n) is 2.72. The van der Waals surface area contributed by atoms with Crippen LogP contribution in [0, 0.1) is 0 Å². The van der Waals surface area contributed by atoms with E-state index in [0.29, 0.717) is 26.3 Å². The highest BCUT2D eigenvalue weighted by atomic mass is 35.5. The van der Waals surface area contributed by atoms with Crippen LogP contribution in [0.2, 0.25) is 5.02 Å². The zero-order valence-electron chi connectivity index (χ0n) is 11.1. The zero-order chi connectivity index (χ0) is 14.1. The molecule has 1 amide bonds. The van der Waals surface area contributed by atoms with Crippen LogP contribution in [0.25, 0.3) is 0 Å². The molecule has 0 aliphatic carbocycles. The molecule has 0 spiro atoms. The second kappa shape index (κ2) is 5.60. The molecule has 2 aliphatic rings. The van der Waals surface area contributed by atoms with Crippen molar-refractivity contribution in [3.05, 3.63) is 28.3 Å². The van der Waals surface area contributed by atoms with Gasteiger partial charge in [-0.25, -0.2) is 0 Å². The van der Waals surface area contributed by atoms with E-state index in [9.17, 15) is 4.79 Å². The summed E-state index contributed by atoms with van der Waals surface area (Å²) < 4.78 is 11.0. The van der Waals surface area contributed by atoms with E-state index in [1.807, 2.05) is 12.1 Å². The second-order valence-corrected chi connectivity index (χ2v) is 5.58. The third kappa shape index (κ3) is 2.75. The molecular weight excluding hydrogens is 280 g/mol. The molecule has 1 unspecified atom stereocenters. The van der Waals surface area contributed by atoms with E-state index in [-0.39, 0.29) is 0 Å². The van der Waals surface area contributed by atoms with Gasteiger partial charge in [-0.05, 0) is 17.7 Å². The number of nitrogens with zero attached hydrogens (tertiary/aromatic N) is 1. The van der Waals surface area contributed by atoms with Crippen LogP contribution in [0.1, 0.15) is 11.1 Å². The molecule has 2 aliphatic heterocycles. The number of ether oxygens (including phenoxy) is 2. The van der Waals surface area contributed by atoms with E-state index in [4.69, 9.17) is 26.8 Å². The summed E-state index contributed by atoms with van der Waals surface area (Å²) in [6.07, 6.45) is 0.368. The van der Waals surface area contributed by atoms with Gasteiger partial charge in [0.1, 0.15) is 11.9 Å². The standard InChI is InChI=1S/C14H17ClN2O3/c15-11-5-9-1-3-20-13(9)10(6-11)7-17-2-4-19-12(8-17)14(16)18/h5-6,12H,1-4,7-8H2,(H2,16,18). The molecule has 2 heterocycles. The van der Waals surface area contributed by atoms with Gasteiger partial charge in [0.15, 0.2) is 0 Å². The molecule has 3 rings (SSSR count). The number of hydrogen-bond acceptors (Lipinski definition) is 4. The number of halogens is 1. The summed E-state index contributed by atoms with van der Waals surface area (Å²) in [6, 6.07) is 3.89. The Kier molecular flexibility index (Phi) is 3.83. The Morgan fingerprint density at radius 3 is 3.10 bits per heavy atom. The van der Waals surface area contributed by atoms with Crippen molar-refractivity contribution in [2.24, 2.45) is 5.73 Å². The number of benzene rings is 1. The Bertz CT molecular complexity index is 535. The molecule has 2 N–H and O–H groups in total. The van der Waals surface area contributed by atoms with E-state index < -0.39 is 12.0 Å².